The van der Waals surface area contributed by atoms with E-state index in [0.29, 0.717) is 35.3 Å². The highest BCUT2D eigenvalue weighted by Gasteiger charge is 2.13. The van der Waals surface area contributed by atoms with Crippen LogP contribution in [0.15, 0.2) is 71.9 Å². The van der Waals surface area contributed by atoms with E-state index in [9.17, 15) is 4.79 Å². The number of thioether (sulfide) groups is 1. The number of rotatable bonds is 12. The van der Waals surface area contributed by atoms with Crippen LogP contribution in [0.1, 0.15) is 11.1 Å². The van der Waals surface area contributed by atoms with Crippen LogP contribution >= 0.6 is 23.4 Å². The Hall–Kier alpha value is -3.60. The molecule has 0 bridgehead atoms. The third kappa shape index (κ3) is 7.45. The molecule has 0 saturated carbocycles. The van der Waals surface area contributed by atoms with Crippen LogP contribution in [0.4, 0.5) is 5.69 Å². The van der Waals surface area contributed by atoms with E-state index in [1.807, 2.05) is 67.6 Å². The highest BCUT2D eigenvalue weighted by molar-refractivity contribution is 7.99. The summed E-state index contributed by atoms with van der Waals surface area (Å²) in [6, 6.07) is 20.8. The van der Waals surface area contributed by atoms with E-state index in [-0.39, 0.29) is 12.5 Å². The van der Waals surface area contributed by atoms with Gasteiger partial charge >= 0.3 is 0 Å². The number of amides is 1. The van der Waals surface area contributed by atoms with Crippen molar-refractivity contribution < 1.29 is 14.3 Å². The summed E-state index contributed by atoms with van der Waals surface area (Å²) in [4.78, 5) is 12.3. The predicted molar refractivity (Wildman–Crippen MR) is 145 cm³/mol. The lowest BCUT2D eigenvalue weighted by Crippen LogP contribution is -2.20. The lowest BCUT2D eigenvalue weighted by Gasteiger charge is -2.14. The molecule has 3 aromatic carbocycles. The summed E-state index contributed by atoms with van der Waals surface area (Å²) in [7, 11) is 1.55. The van der Waals surface area contributed by atoms with E-state index >= 15 is 0 Å². The molecular formula is C26H27ClN6O3S. The van der Waals surface area contributed by atoms with E-state index in [4.69, 9.17) is 21.1 Å². The number of methoxy groups -OCH3 is 1. The molecule has 0 aliphatic carbocycles. The molecule has 1 heterocycles. The molecule has 0 aliphatic heterocycles. The van der Waals surface area contributed by atoms with Crippen molar-refractivity contribution in [3.05, 3.63) is 82.9 Å². The van der Waals surface area contributed by atoms with Crippen molar-refractivity contribution in [2.24, 2.45) is 0 Å². The van der Waals surface area contributed by atoms with Gasteiger partial charge in [0.05, 0.1) is 12.8 Å². The van der Waals surface area contributed by atoms with Gasteiger partial charge in [0.25, 0.3) is 5.91 Å². The van der Waals surface area contributed by atoms with Gasteiger partial charge in [-0.1, -0.05) is 59.3 Å². The first-order valence-corrected chi connectivity index (χ1v) is 12.9. The summed E-state index contributed by atoms with van der Waals surface area (Å²) in [6.45, 7) is 3.06. The van der Waals surface area contributed by atoms with Crippen molar-refractivity contribution in [2.45, 2.75) is 18.6 Å². The number of carbonyl (C=O) groups is 1. The maximum atomic E-state index is 12.3. The van der Waals surface area contributed by atoms with Crippen molar-refractivity contribution in [2.75, 3.05) is 31.3 Å². The fraction of sp³-hybridized carbons (Fsp3) is 0.231. The first-order valence-electron chi connectivity index (χ1n) is 11.6. The number of tetrazole rings is 1. The van der Waals surface area contributed by atoms with Crippen molar-refractivity contribution in [1.29, 1.82) is 0 Å². The van der Waals surface area contributed by atoms with Crippen LogP contribution in [0.3, 0.4) is 0 Å². The zero-order chi connectivity index (χ0) is 26.0. The number of benzene rings is 3. The Morgan fingerprint density at radius 1 is 1.08 bits per heavy atom. The molecule has 2 N–H and O–H groups in total. The smallest absolute Gasteiger partial charge is 0.262 e. The number of carbonyl (C=O) groups excluding carboxylic acids is 1. The molecular weight excluding hydrogens is 512 g/mol. The number of nitrogens with zero attached hydrogens (tertiary/aromatic N) is 4. The number of nitrogens with one attached hydrogen (secondary N) is 2. The predicted octanol–water partition coefficient (Wildman–Crippen LogP) is 4.53. The van der Waals surface area contributed by atoms with Gasteiger partial charge in [0.15, 0.2) is 18.1 Å². The van der Waals surface area contributed by atoms with E-state index in [2.05, 4.69) is 26.2 Å². The second kappa shape index (κ2) is 13.1. The molecule has 0 unspecified atom stereocenters. The fourth-order valence-electron chi connectivity index (χ4n) is 3.40. The molecule has 0 radical (unpaired) electrons. The SMILES string of the molecule is COc1cc(CNCCSc2nnnn2-c2ccccc2)c(Cl)cc1OCC(=O)Nc1ccc(C)cc1. The van der Waals surface area contributed by atoms with Gasteiger partial charge in [-0.3, -0.25) is 4.79 Å². The zero-order valence-electron chi connectivity index (χ0n) is 20.5. The molecule has 1 aromatic heterocycles. The Kier molecular flexibility index (Phi) is 9.36. The molecule has 0 fully saturated rings. The minimum Gasteiger partial charge on any atom is -0.493 e. The molecule has 0 spiro atoms. The van der Waals surface area contributed by atoms with E-state index < -0.39 is 0 Å². The third-order valence-corrected chi connectivity index (χ3v) is 6.57. The molecule has 37 heavy (non-hydrogen) atoms. The summed E-state index contributed by atoms with van der Waals surface area (Å²) in [5.41, 5.74) is 3.60. The minimum absolute atomic E-state index is 0.169. The molecule has 1 amide bonds. The molecule has 192 valence electrons. The van der Waals surface area contributed by atoms with Crippen molar-refractivity contribution in [1.82, 2.24) is 25.5 Å². The average Bonchev–Trinajstić information content (AvgIpc) is 3.38. The van der Waals surface area contributed by atoms with Gasteiger partial charge in [0.1, 0.15) is 0 Å². The number of hydrogen-bond donors (Lipinski definition) is 2. The topological polar surface area (TPSA) is 103 Å². The third-order valence-electron chi connectivity index (χ3n) is 5.29. The maximum Gasteiger partial charge on any atom is 0.262 e. The Bertz CT molecular complexity index is 1320. The minimum atomic E-state index is -0.274. The van der Waals surface area contributed by atoms with Crippen LogP contribution in [0.2, 0.25) is 5.02 Å². The number of ether oxygens (including phenoxy) is 2. The Balaban J connectivity index is 1.26. The van der Waals surface area contributed by atoms with Crippen LogP contribution in [0.25, 0.3) is 5.69 Å². The average molecular weight is 539 g/mol. The van der Waals surface area contributed by atoms with Crippen LogP contribution in [-0.4, -0.2) is 52.1 Å². The number of anilines is 1. The molecule has 0 aliphatic rings. The highest BCUT2D eigenvalue weighted by Crippen LogP contribution is 2.33. The van der Waals surface area contributed by atoms with E-state index in [0.717, 1.165) is 27.7 Å². The second-order valence-electron chi connectivity index (χ2n) is 8.03. The number of hydrogen-bond acceptors (Lipinski definition) is 8. The summed E-state index contributed by atoms with van der Waals surface area (Å²) in [6.07, 6.45) is 0. The van der Waals surface area contributed by atoms with Crippen molar-refractivity contribution >= 4 is 35.0 Å². The van der Waals surface area contributed by atoms with Gasteiger partial charge in [0, 0.05) is 35.6 Å². The van der Waals surface area contributed by atoms with Gasteiger partial charge in [-0.05, 0) is 53.2 Å². The molecule has 0 saturated heterocycles. The summed E-state index contributed by atoms with van der Waals surface area (Å²) in [5, 5.41) is 19.4. The molecule has 4 aromatic rings. The number of aryl methyl sites for hydroxylation is 1. The molecule has 0 atom stereocenters. The fourth-order valence-corrected chi connectivity index (χ4v) is 4.41. The van der Waals surface area contributed by atoms with Crippen molar-refractivity contribution in [3.8, 4) is 17.2 Å². The number of halogens is 1. The van der Waals surface area contributed by atoms with Gasteiger partial charge in [0.2, 0.25) is 5.16 Å². The highest BCUT2D eigenvalue weighted by atomic mass is 35.5. The first-order chi connectivity index (χ1) is 18.0. The zero-order valence-corrected chi connectivity index (χ0v) is 22.1. The van der Waals surface area contributed by atoms with Crippen LogP contribution in [-0.2, 0) is 11.3 Å². The van der Waals surface area contributed by atoms with Crippen LogP contribution in [0.5, 0.6) is 11.5 Å². The monoisotopic (exact) mass is 538 g/mol. The van der Waals surface area contributed by atoms with Gasteiger partial charge < -0.3 is 20.1 Å². The van der Waals surface area contributed by atoms with Gasteiger partial charge in [-0.2, -0.15) is 4.68 Å². The van der Waals surface area contributed by atoms with Crippen LogP contribution in [0, 0.1) is 6.92 Å². The number of aromatic nitrogens is 4. The van der Waals surface area contributed by atoms with Crippen molar-refractivity contribution in [3.63, 3.8) is 0 Å². The second-order valence-corrected chi connectivity index (χ2v) is 9.50. The largest absolute Gasteiger partial charge is 0.493 e. The molecule has 4 rings (SSSR count). The lowest BCUT2D eigenvalue weighted by atomic mass is 10.2. The lowest BCUT2D eigenvalue weighted by molar-refractivity contribution is -0.118. The molecule has 9 nitrogen and oxygen atoms in total. The standard InChI is InChI=1S/C26H27ClN6O3S/c1-18-8-10-20(11-9-18)29-25(34)17-36-24-15-22(27)19(14-23(24)35-2)16-28-12-13-37-26-30-31-32-33(26)21-6-4-3-5-7-21/h3-11,14-15,28H,12-13,16-17H2,1-2H3,(H,29,34). The van der Waals surface area contributed by atoms with Gasteiger partial charge in [-0.15, -0.1) is 5.10 Å². The number of para-hydroxylation sites is 1. The summed E-state index contributed by atoms with van der Waals surface area (Å²) >= 11 is 8.05. The Morgan fingerprint density at radius 3 is 2.62 bits per heavy atom. The van der Waals surface area contributed by atoms with Gasteiger partial charge in [-0.25, -0.2) is 0 Å². The van der Waals surface area contributed by atoms with E-state index in [1.165, 1.54) is 0 Å². The van der Waals surface area contributed by atoms with Crippen LogP contribution < -0.4 is 20.1 Å². The normalized spacial score (nSPS) is 10.8. The quantitative estimate of drug-likeness (QED) is 0.200. The Labute approximate surface area is 224 Å². The first kappa shape index (κ1) is 26.5. The summed E-state index contributed by atoms with van der Waals surface area (Å²) in [5.74, 6) is 1.39. The maximum absolute atomic E-state index is 12.3. The molecule has 11 heteroatoms. The Morgan fingerprint density at radius 2 is 1.86 bits per heavy atom. The summed E-state index contributed by atoms with van der Waals surface area (Å²) < 4.78 is 12.9. The van der Waals surface area contributed by atoms with E-state index in [1.54, 1.807) is 29.6 Å².